The van der Waals surface area contributed by atoms with E-state index in [0.717, 1.165) is 32.1 Å². The molecule has 1 aliphatic heterocycles. The summed E-state index contributed by atoms with van der Waals surface area (Å²) in [6, 6.07) is 6.45. The zero-order chi connectivity index (χ0) is 18.0. The van der Waals surface area contributed by atoms with Gasteiger partial charge in [0, 0.05) is 37.8 Å². The van der Waals surface area contributed by atoms with Crippen LogP contribution in [0, 0.1) is 0 Å². The van der Waals surface area contributed by atoms with Crippen LogP contribution in [0.25, 0.3) is 0 Å². The van der Waals surface area contributed by atoms with E-state index in [4.69, 9.17) is 5.73 Å². The monoisotopic (exact) mass is 401 g/mol. The van der Waals surface area contributed by atoms with E-state index in [1.165, 1.54) is 16.8 Å². The van der Waals surface area contributed by atoms with Gasteiger partial charge in [0.1, 0.15) is 0 Å². The van der Waals surface area contributed by atoms with Crippen molar-refractivity contribution in [2.45, 2.75) is 55.5 Å². The highest BCUT2D eigenvalue weighted by molar-refractivity contribution is 7.89. The minimum Gasteiger partial charge on any atom is -0.337 e. The number of likely N-dealkylation sites (tertiary alicyclic amines) is 1. The Morgan fingerprint density at radius 3 is 2.50 bits per heavy atom. The van der Waals surface area contributed by atoms with Gasteiger partial charge in [-0.2, -0.15) is 4.31 Å². The summed E-state index contributed by atoms with van der Waals surface area (Å²) in [6.07, 6.45) is 5.90. The van der Waals surface area contributed by atoms with Crippen molar-refractivity contribution in [1.82, 2.24) is 9.21 Å². The molecule has 2 N–H and O–H groups in total. The number of nitrogens with zero attached hydrogens (tertiary/aromatic N) is 2. The van der Waals surface area contributed by atoms with Gasteiger partial charge in [-0.3, -0.25) is 4.79 Å². The maximum atomic E-state index is 13.0. The zero-order valence-corrected chi connectivity index (χ0v) is 16.8. The maximum Gasteiger partial charge on any atom is 0.253 e. The lowest BCUT2D eigenvalue weighted by molar-refractivity contribution is 0.0790. The van der Waals surface area contributed by atoms with Crippen molar-refractivity contribution in [2.75, 3.05) is 20.1 Å². The van der Waals surface area contributed by atoms with Gasteiger partial charge in [0.25, 0.3) is 5.91 Å². The van der Waals surface area contributed by atoms with E-state index in [0.29, 0.717) is 18.7 Å². The van der Waals surface area contributed by atoms with Crippen LogP contribution in [0.4, 0.5) is 0 Å². The molecule has 6 nitrogen and oxygen atoms in total. The van der Waals surface area contributed by atoms with Crippen molar-refractivity contribution < 1.29 is 13.2 Å². The SMILES string of the molecule is CN(C1CCCCC1)S(=O)(=O)c1cccc(C(=O)N2CC[C@@H](N)C2)c1.Cl. The van der Waals surface area contributed by atoms with Gasteiger partial charge in [0.05, 0.1) is 4.90 Å². The molecule has 1 aliphatic carbocycles. The molecule has 1 saturated carbocycles. The van der Waals surface area contributed by atoms with Gasteiger partial charge in [-0.15, -0.1) is 12.4 Å². The molecule has 8 heteroatoms. The highest BCUT2D eigenvalue weighted by Gasteiger charge is 2.30. The lowest BCUT2D eigenvalue weighted by atomic mass is 9.96. The predicted octanol–water partition coefficient (Wildman–Crippen LogP) is 2.23. The second kappa shape index (κ2) is 8.69. The average Bonchev–Trinajstić information content (AvgIpc) is 3.07. The summed E-state index contributed by atoms with van der Waals surface area (Å²) in [5.74, 6) is -0.148. The standard InChI is InChI=1S/C18H27N3O3S.ClH/c1-20(16-7-3-2-4-8-16)25(23,24)17-9-5-6-14(12-17)18(22)21-11-10-15(19)13-21;/h5-6,9,12,15-16H,2-4,7-8,10-11,13,19H2,1H3;1H/t15-;/m1./s1. The third-order valence-corrected chi connectivity index (χ3v) is 7.26. The van der Waals surface area contributed by atoms with Crippen LogP contribution >= 0.6 is 12.4 Å². The Labute approximate surface area is 162 Å². The quantitative estimate of drug-likeness (QED) is 0.838. The van der Waals surface area contributed by atoms with Crippen LogP contribution in [0.15, 0.2) is 29.2 Å². The topological polar surface area (TPSA) is 83.7 Å². The molecule has 0 spiro atoms. The van der Waals surface area contributed by atoms with Crippen LogP contribution in [0.3, 0.4) is 0 Å². The molecular weight excluding hydrogens is 374 g/mol. The minimum absolute atomic E-state index is 0. The number of carbonyl (C=O) groups is 1. The Morgan fingerprint density at radius 2 is 1.88 bits per heavy atom. The lowest BCUT2D eigenvalue weighted by Gasteiger charge is -2.30. The molecule has 0 radical (unpaired) electrons. The molecule has 1 aromatic rings. The minimum atomic E-state index is -3.59. The highest BCUT2D eigenvalue weighted by atomic mass is 35.5. The van der Waals surface area contributed by atoms with Crippen molar-refractivity contribution in [2.24, 2.45) is 5.73 Å². The number of hydrogen-bond donors (Lipinski definition) is 1. The first-order valence-electron chi connectivity index (χ1n) is 9.02. The first kappa shape index (κ1) is 21.2. The second-order valence-electron chi connectivity index (χ2n) is 7.14. The van der Waals surface area contributed by atoms with Crippen LogP contribution in [-0.4, -0.2) is 55.8 Å². The van der Waals surface area contributed by atoms with Crippen LogP contribution < -0.4 is 5.73 Å². The Bertz CT molecular complexity index is 735. The molecule has 1 amide bonds. The van der Waals surface area contributed by atoms with Gasteiger partial charge in [-0.25, -0.2) is 8.42 Å². The van der Waals surface area contributed by atoms with E-state index in [1.54, 1.807) is 30.1 Å². The number of benzene rings is 1. The van der Waals surface area contributed by atoms with Crippen LogP contribution in [-0.2, 0) is 10.0 Å². The third-order valence-electron chi connectivity index (χ3n) is 5.36. The fraction of sp³-hybridized carbons (Fsp3) is 0.611. The third kappa shape index (κ3) is 4.39. The molecule has 0 unspecified atom stereocenters. The van der Waals surface area contributed by atoms with Crippen LogP contribution in [0.1, 0.15) is 48.9 Å². The lowest BCUT2D eigenvalue weighted by Crippen LogP contribution is -2.38. The molecule has 1 heterocycles. The number of carbonyl (C=O) groups excluding carboxylic acids is 1. The number of sulfonamides is 1. The summed E-state index contributed by atoms with van der Waals surface area (Å²) in [4.78, 5) is 14.5. The van der Waals surface area contributed by atoms with Gasteiger partial charge >= 0.3 is 0 Å². The Balaban J connectivity index is 0.00000243. The molecule has 26 heavy (non-hydrogen) atoms. The number of hydrogen-bond acceptors (Lipinski definition) is 4. The number of rotatable bonds is 4. The Morgan fingerprint density at radius 1 is 1.19 bits per heavy atom. The van der Waals surface area contributed by atoms with E-state index in [2.05, 4.69) is 0 Å². The summed E-state index contributed by atoms with van der Waals surface area (Å²) < 4.78 is 27.4. The van der Waals surface area contributed by atoms with Gasteiger partial charge < -0.3 is 10.6 Å². The summed E-state index contributed by atoms with van der Waals surface area (Å²) >= 11 is 0. The normalized spacial score (nSPS) is 21.7. The van der Waals surface area contributed by atoms with E-state index in [-0.39, 0.29) is 35.3 Å². The molecule has 146 valence electrons. The molecule has 0 bridgehead atoms. The number of amides is 1. The zero-order valence-electron chi connectivity index (χ0n) is 15.1. The van der Waals surface area contributed by atoms with Crippen molar-refractivity contribution in [3.8, 4) is 0 Å². The van der Waals surface area contributed by atoms with Crippen molar-refractivity contribution in [3.63, 3.8) is 0 Å². The molecule has 1 aromatic carbocycles. The smallest absolute Gasteiger partial charge is 0.253 e. The molecule has 2 fully saturated rings. The average molecular weight is 402 g/mol. The molecule has 0 aromatic heterocycles. The van der Waals surface area contributed by atoms with Crippen molar-refractivity contribution >= 4 is 28.3 Å². The second-order valence-corrected chi connectivity index (χ2v) is 9.14. The predicted molar refractivity (Wildman–Crippen MR) is 104 cm³/mol. The molecular formula is C18H28ClN3O3S. The number of halogens is 1. The maximum absolute atomic E-state index is 13.0. The molecule has 1 atom stereocenters. The molecule has 1 saturated heterocycles. The Kier molecular flexibility index (Phi) is 7.07. The van der Waals surface area contributed by atoms with E-state index >= 15 is 0 Å². The van der Waals surface area contributed by atoms with E-state index in [1.807, 2.05) is 0 Å². The number of nitrogens with two attached hydrogens (primary N) is 1. The van der Waals surface area contributed by atoms with Gasteiger partial charge in [-0.1, -0.05) is 25.3 Å². The van der Waals surface area contributed by atoms with E-state index in [9.17, 15) is 13.2 Å². The van der Waals surface area contributed by atoms with Crippen molar-refractivity contribution in [1.29, 1.82) is 0 Å². The fourth-order valence-electron chi connectivity index (χ4n) is 3.75. The molecule has 3 rings (SSSR count). The summed E-state index contributed by atoms with van der Waals surface area (Å²) in [5.41, 5.74) is 6.28. The van der Waals surface area contributed by atoms with Crippen LogP contribution in [0.2, 0.25) is 0 Å². The summed E-state index contributed by atoms with van der Waals surface area (Å²) in [7, 11) is -1.94. The largest absolute Gasteiger partial charge is 0.337 e. The first-order valence-corrected chi connectivity index (χ1v) is 10.5. The van der Waals surface area contributed by atoms with Crippen molar-refractivity contribution in [3.05, 3.63) is 29.8 Å². The fourth-order valence-corrected chi connectivity index (χ4v) is 5.21. The van der Waals surface area contributed by atoms with Gasteiger partial charge in [0.15, 0.2) is 0 Å². The van der Waals surface area contributed by atoms with E-state index < -0.39 is 10.0 Å². The van der Waals surface area contributed by atoms with Gasteiger partial charge in [-0.05, 0) is 37.5 Å². The van der Waals surface area contributed by atoms with Gasteiger partial charge in [0.2, 0.25) is 10.0 Å². The Hall–Kier alpha value is -1.15. The molecule has 2 aliphatic rings. The summed E-state index contributed by atoms with van der Waals surface area (Å²) in [6.45, 7) is 1.15. The van der Waals surface area contributed by atoms with Crippen LogP contribution in [0.5, 0.6) is 0 Å². The summed E-state index contributed by atoms with van der Waals surface area (Å²) in [5, 5.41) is 0. The highest BCUT2D eigenvalue weighted by Crippen LogP contribution is 2.27. The first-order chi connectivity index (χ1) is 11.9.